The molecule has 8 heteroatoms. The van der Waals surface area contributed by atoms with E-state index >= 15 is 0 Å². The fraction of sp³-hybridized carbons (Fsp3) is 0.143. The van der Waals surface area contributed by atoms with Crippen molar-refractivity contribution in [3.05, 3.63) is 77.7 Å². The van der Waals surface area contributed by atoms with E-state index in [0.717, 1.165) is 12.1 Å². The van der Waals surface area contributed by atoms with Crippen molar-refractivity contribution in [1.82, 2.24) is 4.98 Å². The zero-order valence-corrected chi connectivity index (χ0v) is 15.3. The number of carbonyl (C=O) groups is 1. The van der Waals surface area contributed by atoms with E-state index in [0.29, 0.717) is 16.9 Å². The van der Waals surface area contributed by atoms with Crippen molar-refractivity contribution >= 4 is 17.3 Å². The van der Waals surface area contributed by atoms with Gasteiger partial charge in [0.15, 0.2) is 0 Å². The minimum absolute atomic E-state index is 0.192. The Morgan fingerprint density at radius 2 is 1.79 bits per heavy atom. The summed E-state index contributed by atoms with van der Waals surface area (Å²) in [5.41, 5.74) is 0.953. The summed E-state index contributed by atoms with van der Waals surface area (Å²) in [5.74, 6) is -1.07. The van der Waals surface area contributed by atoms with Crippen LogP contribution in [0.3, 0.4) is 0 Å². The van der Waals surface area contributed by atoms with E-state index in [2.05, 4.69) is 10.3 Å². The summed E-state index contributed by atoms with van der Waals surface area (Å²) in [7, 11) is 0. The number of nitrogens with one attached hydrogen (secondary N) is 1. The van der Waals surface area contributed by atoms with Gasteiger partial charge in [-0.05, 0) is 55.5 Å². The molecule has 0 saturated carbocycles. The molecule has 3 aromatic rings. The molecule has 29 heavy (non-hydrogen) atoms. The molecule has 0 bridgehead atoms. The first-order valence-corrected chi connectivity index (χ1v) is 8.65. The van der Waals surface area contributed by atoms with Gasteiger partial charge in [0.1, 0.15) is 5.82 Å². The Hall–Kier alpha value is -3.42. The summed E-state index contributed by atoms with van der Waals surface area (Å²) in [6, 6.07) is 11.4. The van der Waals surface area contributed by atoms with Gasteiger partial charge in [0, 0.05) is 29.2 Å². The highest BCUT2D eigenvalue weighted by Gasteiger charge is 2.30. The average molecular weight is 404 g/mol. The number of halogens is 4. The van der Waals surface area contributed by atoms with E-state index in [1.165, 1.54) is 42.6 Å². The Kier molecular flexibility index (Phi) is 5.81. The number of carbonyl (C=O) groups excluding carboxylic acids is 1. The van der Waals surface area contributed by atoms with Crippen LogP contribution in [-0.4, -0.2) is 17.6 Å². The predicted molar refractivity (Wildman–Crippen MR) is 100 cm³/mol. The highest BCUT2D eigenvalue weighted by molar-refractivity contribution is 5.93. The quantitative estimate of drug-likeness (QED) is 0.430. The summed E-state index contributed by atoms with van der Waals surface area (Å²) in [4.78, 5) is 16.2. The first-order valence-electron chi connectivity index (χ1n) is 8.65. The number of anilines is 2. The second-order valence-corrected chi connectivity index (χ2v) is 6.04. The molecule has 2 aromatic carbocycles. The fourth-order valence-electron chi connectivity index (χ4n) is 2.66. The SMILES string of the molecule is CCOC(=O)c1ccc(Nc2ccc(C(F)(F)F)cc2)c(-c2cc(F)ccn2)c1. The molecule has 0 saturated heterocycles. The van der Waals surface area contributed by atoms with Crippen molar-refractivity contribution in [2.24, 2.45) is 0 Å². The Morgan fingerprint density at radius 1 is 1.07 bits per heavy atom. The molecule has 4 nitrogen and oxygen atoms in total. The number of pyridine rings is 1. The molecule has 0 radical (unpaired) electrons. The Bertz CT molecular complexity index is 1020. The highest BCUT2D eigenvalue weighted by Crippen LogP contribution is 2.33. The third-order valence-corrected chi connectivity index (χ3v) is 4.02. The summed E-state index contributed by atoms with van der Waals surface area (Å²) < 4.78 is 56.9. The molecule has 0 amide bonds. The molecular formula is C21H16F4N2O2. The molecule has 3 rings (SSSR count). The van der Waals surface area contributed by atoms with Gasteiger partial charge in [0.05, 0.1) is 23.4 Å². The molecule has 0 spiro atoms. The molecule has 150 valence electrons. The number of alkyl halides is 3. The number of aromatic nitrogens is 1. The number of esters is 1. The molecule has 0 aliphatic carbocycles. The van der Waals surface area contributed by atoms with Crippen molar-refractivity contribution < 1.29 is 27.1 Å². The second-order valence-electron chi connectivity index (χ2n) is 6.04. The van der Waals surface area contributed by atoms with E-state index in [1.54, 1.807) is 13.0 Å². The lowest BCUT2D eigenvalue weighted by atomic mass is 10.0. The molecule has 0 aliphatic rings. The average Bonchev–Trinajstić information content (AvgIpc) is 2.68. The van der Waals surface area contributed by atoms with Gasteiger partial charge >= 0.3 is 12.1 Å². The van der Waals surface area contributed by atoms with E-state index in [9.17, 15) is 22.4 Å². The molecule has 1 N–H and O–H groups in total. The summed E-state index contributed by atoms with van der Waals surface area (Å²) in [6.45, 7) is 1.87. The maximum Gasteiger partial charge on any atom is 0.416 e. The van der Waals surface area contributed by atoms with Crippen molar-refractivity contribution in [3.8, 4) is 11.3 Å². The third-order valence-electron chi connectivity index (χ3n) is 4.02. The van der Waals surface area contributed by atoms with Gasteiger partial charge < -0.3 is 10.1 Å². The summed E-state index contributed by atoms with van der Waals surface area (Å²) >= 11 is 0. The van der Waals surface area contributed by atoms with Gasteiger partial charge in [-0.1, -0.05) is 0 Å². The number of ether oxygens (including phenoxy) is 1. The van der Waals surface area contributed by atoms with E-state index in [4.69, 9.17) is 4.74 Å². The van der Waals surface area contributed by atoms with Crippen LogP contribution in [0, 0.1) is 5.82 Å². The Balaban J connectivity index is 2.00. The van der Waals surface area contributed by atoms with Crippen LogP contribution in [0.4, 0.5) is 28.9 Å². The van der Waals surface area contributed by atoms with Crippen LogP contribution >= 0.6 is 0 Å². The number of hydrogen-bond donors (Lipinski definition) is 1. The van der Waals surface area contributed by atoms with Crippen LogP contribution in [0.2, 0.25) is 0 Å². The monoisotopic (exact) mass is 404 g/mol. The zero-order valence-electron chi connectivity index (χ0n) is 15.3. The lowest BCUT2D eigenvalue weighted by Crippen LogP contribution is -2.06. The van der Waals surface area contributed by atoms with Gasteiger partial charge in [0.25, 0.3) is 0 Å². The normalized spacial score (nSPS) is 11.2. The van der Waals surface area contributed by atoms with Gasteiger partial charge in [-0.3, -0.25) is 4.98 Å². The number of nitrogens with zero attached hydrogens (tertiary/aromatic N) is 1. The molecule has 0 unspecified atom stereocenters. The number of hydrogen-bond acceptors (Lipinski definition) is 4. The third kappa shape index (κ3) is 4.90. The lowest BCUT2D eigenvalue weighted by Gasteiger charge is -2.14. The predicted octanol–water partition coefficient (Wildman–Crippen LogP) is 5.83. The first kappa shape index (κ1) is 20.3. The minimum Gasteiger partial charge on any atom is -0.462 e. The zero-order chi connectivity index (χ0) is 21.0. The molecule has 1 aromatic heterocycles. The first-order chi connectivity index (χ1) is 13.8. The fourth-order valence-corrected chi connectivity index (χ4v) is 2.66. The van der Waals surface area contributed by atoms with Crippen LogP contribution < -0.4 is 5.32 Å². The second kappa shape index (κ2) is 8.30. The van der Waals surface area contributed by atoms with Crippen LogP contribution in [-0.2, 0) is 10.9 Å². The number of benzene rings is 2. The molecule has 0 aliphatic heterocycles. The van der Waals surface area contributed by atoms with Crippen LogP contribution in [0.15, 0.2) is 60.8 Å². The molecule has 0 atom stereocenters. The van der Waals surface area contributed by atoms with Gasteiger partial charge in [0.2, 0.25) is 0 Å². The Labute approximate surface area is 164 Å². The van der Waals surface area contributed by atoms with Crippen LogP contribution in [0.1, 0.15) is 22.8 Å². The standard InChI is InChI=1S/C21H16F4N2O2/c1-2-29-20(28)13-3-8-18(17(11-13)19-12-15(22)9-10-26-19)27-16-6-4-14(5-7-16)21(23,24)25/h3-12,27H,2H2,1H3. The maximum atomic E-state index is 13.7. The van der Waals surface area contributed by atoms with Crippen molar-refractivity contribution in [2.75, 3.05) is 11.9 Å². The van der Waals surface area contributed by atoms with E-state index < -0.39 is 23.5 Å². The van der Waals surface area contributed by atoms with Crippen molar-refractivity contribution in [1.29, 1.82) is 0 Å². The minimum atomic E-state index is -4.43. The van der Waals surface area contributed by atoms with Gasteiger partial charge in [-0.25, -0.2) is 9.18 Å². The Morgan fingerprint density at radius 3 is 2.41 bits per heavy atom. The van der Waals surface area contributed by atoms with Gasteiger partial charge in [-0.15, -0.1) is 0 Å². The van der Waals surface area contributed by atoms with E-state index in [-0.39, 0.29) is 17.9 Å². The topological polar surface area (TPSA) is 51.2 Å². The molecule has 1 heterocycles. The van der Waals surface area contributed by atoms with E-state index in [1.807, 2.05) is 0 Å². The largest absolute Gasteiger partial charge is 0.462 e. The van der Waals surface area contributed by atoms with Crippen molar-refractivity contribution in [3.63, 3.8) is 0 Å². The molecular weight excluding hydrogens is 388 g/mol. The van der Waals surface area contributed by atoms with Crippen molar-refractivity contribution in [2.45, 2.75) is 13.1 Å². The van der Waals surface area contributed by atoms with Crippen LogP contribution in [0.25, 0.3) is 11.3 Å². The maximum absolute atomic E-state index is 13.7. The van der Waals surface area contributed by atoms with Gasteiger partial charge in [-0.2, -0.15) is 13.2 Å². The summed E-state index contributed by atoms with van der Waals surface area (Å²) in [5, 5.41) is 2.99. The molecule has 0 fully saturated rings. The smallest absolute Gasteiger partial charge is 0.416 e. The lowest BCUT2D eigenvalue weighted by molar-refractivity contribution is -0.137. The number of rotatable bonds is 5. The highest BCUT2D eigenvalue weighted by atomic mass is 19.4. The summed E-state index contributed by atoms with van der Waals surface area (Å²) in [6.07, 6.45) is -3.15. The van der Waals surface area contributed by atoms with Crippen LogP contribution in [0.5, 0.6) is 0 Å².